The summed E-state index contributed by atoms with van der Waals surface area (Å²) in [7, 11) is 0. The second-order valence-corrected chi connectivity index (χ2v) is 4.76. The van der Waals surface area contributed by atoms with Crippen LogP contribution in [0, 0.1) is 6.92 Å². The number of aromatic nitrogens is 2. The molecule has 0 amide bonds. The number of pyridine rings is 2. The molecule has 0 bridgehead atoms. The summed E-state index contributed by atoms with van der Waals surface area (Å²) >= 11 is 0. The molecular formula is C16H16N4. The van der Waals surface area contributed by atoms with Gasteiger partial charge in [0.1, 0.15) is 5.82 Å². The minimum atomic E-state index is 0.711. The molecule has 0 aliphatic carbocycles. The smallest absolute Gasteiger partial charge is 0.134 e. The fourth-order valence-electron chi connectivity index (χ4n) is 2.25. The van der Waals surface area contributed by atoms with Crippen molar-refractivity contribution in [3.8, 4) is 0 Å². The Morgan fingerprint density at radius 1 is 1.10 bits per heavy atom. The Morgan fingerprint density at radius 3 is 2.70 bits per heavy atom. The van der Waals surface area contributed by atoms with Crippen LogP contribution in [0.2, 0.25) is 0 Å². The normalized spacial score (nSPS) is 10.7. The maximum absolute atomic E-state index is 6.04. The molecule has 0 radical (unpaired) electrons. The van der Waals surface area contributed by atoms with E-state index in [9.17, 15) is 0 Å². The highest BCUT2D eigenvalue weighted by molar-refractivity contribution is 5.99. The van der Waals surface area contributed by atoms with Crippen molar-refractivity contribution in [2.45, 2.75) is 13.5 Å². The lowest BCUT2D eigenvalue weighted by Crippen LogP contribution is -2.03. The van der Waals surface area contributed by atoms with E-state index >= 15 is 0 Å². The minimum Gasteiger partial charge on any atom is -0.398 e. The van der Waals surface area contributed by atoms with Crippen LogP contribution in [0.3, 0.4) is 0 Å². The quantitative estimate of drug-likeness (QED) is 0.713. The van der Waals surface area contributed by atoms with Crippen LogP contribution in [0.25, 0.3) is 10.8 Å². The SMILES string of the molecule is Cc1cc2c(N)cccc2c(NCc2ccncc2)n1. The van der Waals surface area contributed by atoms with Gasteiger partial charge in [-0.3, -0.25) is 4.98 Å². The molecule has 3 aromatic rings. The average molecular weight is 264 g/mol. The van der Waals surface area contributed by atoms with Crippen LogP contribution in [0.15, 0.2) is 48.8 Å². The summed E-state index contributed by atoms with van der Waals surface area (Å²) in [6.45, 7) is 2.69. The molecule has 0 saturated heterocycles. The highest BCUT2D eigenvalue weighted by Gasteiger charge is 2.06. The van der Waals surface area contributed by atoms with Gasteiger partial charge in [-0.25, -0.2) is 4.98 Å². The van der Waals surface area contributed by atoms with E-state index in [-0.39, 0.29) is 0 Å². The van der Waals surface area contributed by atoms with Crippen molar-refractivity contribution in [3.63, 3.8) is 0 Å². The predicted octanol–water partition coefficient (Wildman–Crippen LogP) is 3.13. The molecule has 20 heavy (non-hydrogen) atoms. The van der Waals surface area contributed by atoms with Gasteiger partial charge in [0.25, 0.3) is 0 Å². The zero-order chi connectivity index (χ0) is 13.9. The third kappa shape index (κ3) is 2.40. The lowest BCUT2D eigenvalue weighted by atomic mass is 10.1. The van der Waals surface area contributed by atoms with Crippen LogP contribution in [0.5, 0.6) is 0 Å². The van der Waals surface area contributed by atoms with Crippen LogP contribution in [0.1, 0.15) is 11.3 Å². The highest BCUT2D eigenvalue weighted by Crippen LogP contribution is 2.27. The minimum absolute atomic E-state index is 0.711. The van der Waals surface area contributed by atoms with Crippen LogP contribution >= 0.6 is 0 Å². The highest BCUT2D eigenvalue weighted by atomic mass is 15.0. The molecule has 3 rings (SSSR count). The van der Waals surface area contributed by atoms with E-state index in [0.717, 1.165) is 28.0 Å². The fraction of sp³-hybridized carbons (Fsp3) is 0.125. The van der Waals surface area contributed by atoms with E-state index < -0.39 is 0 Å². The molecule has 4 nitrogen and oxygen atoms in total. The van der Waals surface area contributed by atoms with Gasteiger partial charge in [-0.1, -0.05) is 12.1 Å². The van der Waals surface area contributed by atoms with Gasteiger partial charge in [0.15, 0.2) is 0 Å². The lowest BCUT2D eigenvalue weighted by molar-refractivity contribution is 1.09. The van der Waals surface area contributed by atoms with Gasteiger partial charge < -0.3 is 11.1 Å². The molecule has 3 N–H and O–H groups in total. The van der Waals surface area contributed by atoms with Gasteiger partial charge in [-0.15, -0.1) is 0 Å². The number of aryl methyl sites for hydroxylation is 1. The number of nitrogens with one attached hydrogen (secondary N) is 1. The molecule has 0 unspecified atom stereocenters. The first-order chi connectivity index (χ1) is 9.74. The number of hydrogen-bond donors (Lipinski definition) is 2. The summed E-state index contributed by atoms with van der Waals surface area (Å²) in [4.78, 5) is 8.59. The van der Waals surface area contributed by atoms with Crippen molar-refractivity contribution in [1.82, 2.24) is 9.97 Å². The number of anilines is 2. The molecule has 2 heterocycles. The second-order valence-electron chi connectivity index (χ2n) is 4.76. The van der Waals surface area contributed by atoms with Gasteiger partial charge in [0, 0.05) is 41.1 Å². The van der Waals surface area contributed by atoms with E-state index in [1.165, 1.54) is 5.56 Å². The first-order valence-electron chi connectivity index (χ1n) is 6.52. The molecule has 0 aliphatic rings. The van der Waals surface area contributed by atoms with Crippen molar-refractivity contribution in [2.24, 2.45) is 0 Å². The Kier molecular flexibility index (Phi) is 3.21. The van der Waals surface area contributed by atoms with E-state index in [2.05, 4.69) is 15.3 Å². The molecule has 1 aromatic carbocycles. The van der Waals surface area contributed by atoms with Gasteiger partial charge in [-0.2, -0.15) is 0 Å². The molecule has 0 saturated carbocycles. The van der Waals surface area contributed by atoms with Crippen molar-refractivity contribution >= 4 is 22.3 Å². The Morgan fingerprint density at radius 2 is 1.90 bits per heavy atom. The maximum Gasteiger partial charge on any atom is 0.134 e. The first kappa shape index (κ1) is 12.4. The first-order valence-corrected chi connectivity index (χ1v) is 6.52. The summed E-state index contributed by atoms with van der Waals surface area (Å²) in [6.07, 6.45) is 3.58. The van der Waals surface area contributed by atoms with Crippen LogP contribution in [-0.2, 0) is 6.54 Å². The maximum atomic E-state index is 6.04. The summed E-state index contributed by atoms with van der Waals surface area (Å²) < 4.78 is 0. The Balaban J connectivity index is 1.97. The molecule has 2 aromatic heterocycles. The molecule has 100 valence electrons. The standard InChI is InChI=1S/C16H16N4/c1-11-9-14-13(3-2-4-15(14)17)16(20-11)19-10-12-5-7-18-8-6-12/h2-9H,10,17H2,1H3,(H,19,20). The van der Waals surface area contributed by atoms with Crippen molar-refractivity contribution in [2.75, 3.05) is 11.1 Å². The van der Waals surface area contributed by atoms with E-state index in [0.29, 0.717) is 6.54 Å². The van der Waals surface area contributed by atoms with E-state index in [1.807, 2.05) is 43.3 Å². The van der Waals surface area contributed by atoms with Crippen molar-refractivity contribution in [3.05, 3.63) is 60.0 Å². The topological polar surface area (TPSA) is 63.8 Å². The summed E-state index contributed by atoms with van der Waals surface area (Å²) in [5.74, 6) is 0.865. The number of benzene rings is 1. The predicted molar refractivity (Wildman–Crippen MR) is 82.5 cm³/mol. The molecule has 0 aliphatic heterocycles. The van der Waals surface area contributed by atoms with Crippen molar-refractivity contribution in [1.29, 1.82) is 0 Å². The lowest BCUT2D eigenvalue weighted by Gasteiger charge is -2.11. The number of nitrogen functional groups attached to an aromatic ring is 1. The van der Waals surface area contributed by atoms with E-state index in [1.54, 1.807) is 12.4 Å². The van der Waals surface area contributed by atoms with Crippen LogP contribution in [-0.4, -0.2) is 9.97 Å². The molecule has 0 atom stereocenters. The van der Waals surface area contributed by atoms with Gasteiger partial charge in [0.2, 0.25) is 0 Å². The monoisotopic (exact) mass is 264 g/mol. The molecule has 4 heteroatoms. The van der Waals surface area contributed by atoms with Crippen molar-refractivity contribution < 1.29 is 0 Å². The largest absolute Gasteiger partial charge is 0.398 e. The third-order valence-electron chi connectivity index (χ3n) is 3.25. The van der Waals surface area contributed by atoms with Gasteiger partial charge in [-0.05, 0) is 36.8 Å². The Hall–Kier alpha value is -2.62. The summed E-state index contributed by atoms with van der Waals surface area (Å²) in [5.41, 5.74) is 8.93. The third-order valence-corrected chi connectivity index (χ3v) is 3.25. The molecular weight excluding hydrogens is 248 g/mol. The number of hydrogen-bond acceptors (Lipinski definition) is 4. The van der Waals surface area contributed by atoms with Crippen LogP contribution in [0.4, 0.5) is 11.5 Å². The van der Waals surface area contributed by atoms with Gasteiger partial charge in [0.05, 0.1) is 0 Å². The Bertz CT molecular complexity index is 738. The summed E-state index contributed by atoms with van der Waals surface area (Å²) in [5, 5.41) is 5.46. The number of fused-ring (bicyclic) bond motifs is 1. The van der Waals surface area contributed by atoms with Crippen LogP contribution < -0.4 is 11.1 Å². The van der Waals surface area contributed by atoms with E-state index in [4.69, 9.17) is 5.73 Å². The average Bonchev–Trinajstić information content (AvgIpc) is 2.47. The summed E-state index contributed by atoms with van der Waals surface area (Å²) in [6, 6.07) is 11.9. The zero-order valence-corrected chi connectivity index (χ0v) is 11.3. The molecule has 0 spiro atoms. The number of nitrogens with two attached hydrogens (primary N) is 1. The zero-order valence-electron chi connectivity index (χ0n) is 11.3. The second kappa shape index (κ2) is 5.17. The molecule has 0 fully saturated rings. The van der Waals surface area contributed by atoms with Gasteiger partial charge >= 0.3 is 0 Å². The fourth-order valence-corrected chi connectivity index (χ4v) is 2.25. The number of nitrogens with zero attached hydrogens (tertiary/aromatic N) is 2. The number of rotatable bonds is 3. The Labute approximate surface area is 117 Å².